The van der Waals surface area contributed by atoms with Gasteiger partial charge in [-0.15, -0.1) is 0 Å². The molecule has 2 bridgehead atoms. The Kier molecular flexibility index (Phi) is 3.99. The lowest BCUT2D eigenvalue weighted by molar-refractivity contribution is 0.551. The first-order valence-electron chi connectivity index (χ1n) is 7.54. The first-order valence-corrected chi connectivity index (χ1v) is 7.92. The van der Waals surface area contributed by atoms with E-state index in [1.807, 2.05) is 6.07 Å². The number of rotatable bonds is 5. The van der Waals surface area contributed by atoms with Crippen molar-refractivity contribution in [3.63, 3.8) is 0 Å². The number of nitrogens with one attached hydrogen (secondary N) is 1. The zero-order chi connectivity index (χ0) is 13.2. The van der Waals surface area contributed by atoms with Gasteiger partial charge in [0.05, 0.1) is 10.7 Å². The summed E-state index contributed by atoms with van der Waals surface area (Å²) >= 11 is 6.49. The molecule has 1 aliphatic heterocycles. The lowest BCUT2D eigenvalue weighted by Gasteiger charge is -2.32. The van der Waals surface area contributed by atoms with E-state index in [1.54, 1.807) is 0 Å². The van der Waals surface area contributed by atoms with Gasteiger partial charge in [-0.3, -0.25) is 0 Å². The van der Waals surface area contributed by atoms with E-state index in [0.717, 1.165) is 30.1 Å². The zero-order valence-electron chi connectivity index (χ0n) is 11.7. The summed E-state index contributed by atoms with van der Waals surface area (Å²) in [6.07, 6.45) is 5.30. The van der Waals surface area contributed by atoms with Crippen molar-refractivity contribution in [2.24, 2.45) is 5.92 Å². The molecule has 2 aliphatic rings. The Morgan fingerprint density at radius 1 is 1.37 bits per heavy atom. The van der Waals surface area contributed by atoms with Crippen molar-refractivity contribution in [3.05, 3.63) is 28.8 Å². The number of piperidine rings is 1. The molecule has 1 heterocycles. The lowest BCUT2D eigenvalue weighted by atomic mass is 10.1. The van der Waals surface area contributed by atoms with Gasteiger partial charge in [0.2, 0.25) is 0 Å². The third-order valence-corrected chi connectivity index (χ3v) is 4.81. The van der Waals surface area contributed by atoms with Crippen molar-refractivity contribution in [3.8, 4) is 0 Å². The maximum atomic E-state index is 6.49. The molecule has 1 aromatic rings. The molecule has 2 nitrogen and oxygen atoms in total. The first kappa shape index (κ1) is 13.3. The molecule has 0 spiro atoms. The third-order valence-electron chi connectivity index (χ3n) is 4.51. The van der Waals surface area contributed by atoms with E-state index in [2.05, 4.69) is 29.3 Å². The fourth-order valence-corrected chi connectivity index (χ4v) is 3.93. The highest BCUT2D eigenvalue weighted by Gasteiger charge is 2.39. The number of anilines is 1. The van der Waals surface area contributed by atoms with Gasteiger partial charge < -0.3 is 10.2 Å². The van der Waals surface area contributed by atoms with E-state index >= 15 is 0 Å². The predicted octanol–water partition coefficient (Wildman–Crippen LogP) is 3.83. The first-order chi connectivity index (χ1) is 9.29. The molecule has 0 radical (unpaired) electrons. The molecule has 2 unspecified atom stereocenters. The Labute approximate surface area is 121 Å². The van der Waals surface area contributed by atoms with Crippen molar-refractivity contribution < 1.29 is 0 Å². The Hall–Kier alpha value is -0.730. The summed E-state index contributed by atoms with van der Waals surface area (Å²) in [7, 11) is 0. The summed E-state index contributed by atoms with van der Waals surface area (Å²) in [6, 6.07) is 7.06. The van der Waals surface area contributed by atoms with Crippen molar-refractivity contribution >= 4 is 17.3 Å². The van der Waals surface area contributed by atoms with Crippen LogP contribution in [0.4, 0.5) is 5.69 Å². The maximum Gasteiger partial charge on any atom is 0.0643 e. The number of fused-ring (bicyclic) bond motifs is 2. The minimum Gasteiger partial charge on any atom is -0.367 e. The number of nitrogens with zero attached hydrogens (tertiary/aromatic N) is 1. The molecule has 1 saturated heterocycles. The summed E-state index contributed by atoms with van der Waals surface area (Å²) < 4.78 is 0. The number of benzene rings is 1. The number of hydrogen-bond donors (Lipinski definition) is 1. The van der Waals surface area contributed by atoms with Crippen LogP contribution in [0.1, 0.15) is 38.2 Å². The molecule has 0 amide bonds. The van der Waals surface area contributed by atoms with E-state index in [0.29, 0.717) is 0 Å². The second kappa shape index (κ2) is 5.72. The molecule has 1 aromatic carbocycles. The minimum absolute atomic E-state index is 0.731. The molecule has 1 saturated carbocycles. The van der Waals surface area contributed by atoms with Crippen LogP contribution in [0.25, 0.3) is 0 Å². The second-order valence-electron chi connectivity index (χ2n) is 5.91. The number of para-hydroxylation sites is 1. The van der Waals surface area contributed by atoms with Crippen molar-refractivity contribution in [2.45, 2.75) is 45.2 Å². The lowest BCUT2D eigenvalue weighted by Crippen LogP contribution is -2.33. The molecule has 0 aromatic heterocycles. The molecule has 1 aliphatic carbocycles. The van der Waals surface area contributed by atoms with Gasteiger partial charge in [-0.1, -0.05) is 30.7 Å². The van der Waals surface area contributed by atoms with E-state index < -0.39 is 0 Å². The van der Waals surface area contributed by atoms with Gasteiger partial charge in [0.1, 0.15) is 0 Å². The van der Waals surface area contributed by atoms with E-state index in [9.17, 15) is 0 Å². The van der Waals surface area contributed by atoms with Crippen LogP contribution in [-0.2, 0) is 6.54 Å². The predicted molar refractivity (Wildman–Crippen MR) is 81.9 cm³/mol. The Morgan fingerprint density at radius 3 is 2.95 bits per heavy atom. The maximum absolute atomic E-state index is 6.49. The van der Waals surface area contributed by atoms with E-state index in [4.69, 9.17) is 11.6 Å². The van der Waals surface area contributed by atoms with Crippen LogP contribution in [-0.4, -0.2) is 19.1 Å². The van der Waals surface area contributed by atoms with Crippen LogP contribution < -0.4 is 10.2 Å². The second-order valence-corrected chi connectivity index (χ2v) is 6.32. The summed E-state index contributed by atoms with van der Waals surface area (Å²) in [6.45, 7) is 5.40. The molecule has 1 N–H and O–H groups in total. The molecule has 3 heteroatoms. The molecule has 3 rings (SSSR count). The molecule has 2 fully saturated rings. The summed E-state index contributed by atoms with van der Waals surface area (Å²) in [4.78, 5) is 2.57. The van der Waals surface area contributed by atoms with E-state index in [1.165, 1.54) is 43.5 Å². The van der Waals surface area contributed by atoms with Gasteiger partial charge in [-0.25, -0.2) is 0 Å². The smallest absolute Gasteiger partial charge is 0.0643 e. The summed E-state index contributed by atoms with van der Waals surface area (Å²) in [5.41, 5.74) is 2.65. The fraction of sp³-hybridized carbons (Fsp3) is 0.625. The van der Waals surface area contributed by atoms with Gasteiger partial charge in [-0.05, 0) is 49.8 Å². The molecular formula is C16H23ClN2. The molecule has 19 heavy (non-hydrogen) atoms. The van der Waals surface area contributed by atoms with Gasteiger partial charge >= 0.3 is 0 Å². The molecule has 2 atom stereocenters. The normalized spacial score (nSPS) is 25.3. The van der Waals surface area contributed by atoms with Gasteiger partial charge in [0.15, 0.2) is 0 Å². The Balaban J connectivity index is 1.82. The average Bonchev–Trinajstić information content (AvgIpc) is 3.01. The fourth-order valence-electron chi connectivity index (χ4n) is 3.62. The zero-order valence-corrected chi connectivity index (χ0v) is 12.4. The van der Waals surface area contributed by atoms with E-state index in [-0.39, 0.29) is 0 Å². The van der Waals surface area contributed by atoms with Crippen LogP contribution in [0, 0.1) is 5.92 Å². The van der Waals surface area contributed by atoms with Crippen molar-refractivity contribution in [1.29, 1.82) is 0 Å². The van der Waals surface area contributed by atoms with Crippen LogP contribution in [0.3, 0.4) is 0 Å². The highest BCUT2D eigenvalue weighted by molar-refractivity contribution is 6.33. The number of halogens is 1. The van der Waals surface area contributed by atoms with Gasteiger partial charge in [0.25, 0.3) is 0 Å². The van der Waals surface area contributed by atoms with Crippen LogP contribution in [0.2, 0.25) is 5.02 Å². The Morgan fingerprint density at radius 2 is 2.26 bits per heavy atom. The highest BCUT2D eigenvalue weighted by Crippen LogP contribution is 2.43. The SMILES string of the molecule is CCCNCc1cccc(Cl)c1N1CC2CCC1C2. The van der Waals surface area contributed by atoms with Crippen LogP contribution in [0.5, 0.6) is 0 Å². The van der Waals surface area contributed by atoms with Crippen molar-refractivity contribution in [2.75, 3.05) is 18.0 Å². The average molecular weight is 279 g/mol. The van der Waals surface area contributed by atoms with Gasteiger partial charge in [0, 0.05) is 19.1 Å². The van der Waals surface area contributed by atoms with Crippen molar-refractivity contribution in [1.82, 2.24) is 5.32 Å². The molecule has 104 valence electrons. The standard InChI is InChI=1S/C16H23ClN2/c1-2-8-18-10-13-4-3-5-15(17)16(13)19-11-12-6-7-14(19)9-12/h3-5,12,14,18H,2,6-11H2,1H3. The quantitative estimate of drug-likeness (QED) is 0.824. The van der Waals surface area contributed by atoms with Crippen LogP contribution in [0.15, 0.2) is 18.2 Å². The monoisotopic (exact) mass is 278 g/mol. The molecular weight excluding hydrogens is 256 g/mol. The number of hydrogen-bond acceptors (Lipinski definition) is 2. The third kappa shape index (κ3) is 2.61. The Bertz CT molecular complexity index is 446. The minimum atomic E-state index is 0.731. The highest BCUT2D eigenvalue weighted by atomic mass is 35.5. The van der Waals surface area contributed by atoms with Gasteiger partial charge in [-0.2, -0.15) is 0 Å². The topological polar surface area (TPSA) is 15.3 Å². The summed E-state index contributed by atoms with van der Waals surface area (Å²) in [5.74, 6) is 0.901. The largest absolute Gasteiger partial charge is 0.367 e. The summed E-state index contributed by atoms with van der Waals surface area (Å²) in [5, 5.41) is 4.42. The van der Waals surface area contributed by atoms with Crippen LogP contribution >= 0.6 is 11.6 Å².